The smallest absolute Gasteiger partial charge is 0.409 e. The Morgan fingerprint density at radius 2 is 2.03 bits per heavy atom. The largest absolute Gasteiger partial charge is 0.488 e. The fraction of sp³-hybridized carbons (Fsp3) is 0.370. The summed E-state index contributed by atoms with van der Waals surface area (Å²) in [7, 11) is 0. The molecule has 4 aromatic rings. The van der Waals surface area contributed by atoms with Gasteiger partial charge in [0.15, 0.2) is 0 Å². The molecular weight excluding hydrogens is 553 g/mol. The van der Waals surface area contributed by atoms with Crippen LogP contribution in [0.3, 0.4) is 0 Å². The van der Waals surface area contributed by atoms with Crippen LogP contribution < -0.4 is 21.3 Å². The normalized spacial score (nSPS) is 16.9. The molecule has 12 heteroatoms. The SMILES string of the molecule is Cc1cc(Cl)cc(-c2ccnc3cc(Cn4c(=O)ccn(C(C)C(F)(F)F)c4=O)sc23)c1O[C@H]1CCCNC1. The second kappa shape index (κ2) is 10.8. The first kappa shape index (κ1) is 27.4. The summed E-state index contributed by atoms with van der Waals surface area (Å²) in [5.74, 6) is 0.721. The van der Waals surface area contributed by atoms with Crippen molar-refractivity contribution in [2.24, 2.45) is 0 Å². The predicted molar refractivity (Wildman–Crippen MR) is 146 cm³/mol. The molecule has 1 saturated heterocycles. The highest BCUT2D eigenvalue weighted by atomic mass is 35.5. The van der Waals surface area contributed by atoms with Crippen molar-refractivity contribution in [3.8, 4) is 16.9 Å². The fourth-order valence-corrected chi connectivity index (χ4v) is 6.14. The van der Waals surface area contributed by atoms with E-state index in [1.54, 1.807) is 12.3 Å². The monoisotopic (exact) mass is 578 g/mol. The van der Waals surface area contributed by atoms with E-state index in [0.29, 0.717) is 20.0 Å². The number of hydrogen-bond acceptors (Lipinski definition) is 6. The van der Waals surface area contributed by atoms with Crippen LogP contribution in [-0.4, -0.2) is 39.5 Å². The Kier molecular flexibility index (Phi) is 7.58. The number of nitrogens with zero attached hydrogens (tertiary/aromatic N) is 3. The Bertz CT molecular complexity index is 1640. The van der Waals surface area contributed by atoms with E-state index in [1.807, 2.05) is 25.1 Å². The van der Waals surface area contributed by atoms with Crippen LogP contribution in [0.2, 0.25) is 5.02 Å². The quantitative estimate of drug-likeness (QED) is 0.325. The number of aromatic nitrogens is 3. The van der Waals surface area contributed by atoms with Crippen molar-refractivity contribution in [1.82, 2.24) is 19.4 Å². The molecule has 206 valence electrons. The molecule has 4 heterocycles. The first-order chi connectivity index (χ1) is 18.5. The number of ether oxygens (including phenoxy) is 1. The van der Waals surface area contributed by atoms with Crippen LogP contribution in [0.25, 0.3) is 21.3 Å². The molecule has 1 fully saturated rings. The van der Waals surface area contributed by atoms with Crippen LogP contribution in [-0.2, 0) is 6.54 Å². The molecule has 0 radical (unpaired) electrons. The highest BCUT2D eigenvalue weighted by Gasteiger charge is 2.38. The Hall–Kier alpha value is -3.15. The minimum absolute atomic E-state index is 0.0137. The predicted octanol–water partition coefficient (Wildman–Crippen LogP) is 5.55. The van der Waals surface area contributed by atoms with Crippen molar-refractivity contribution >= 4 is 33.2 Å². The number of alkyl halides is 3. The molecule has 2 atom stereocenters. The van der Waals surface area contributed by atoms with Gasteiger partial charge < -0.3 is 10.1 Å². The van der Waals surface area contributed by atoms with E-state index in [2.05, 4.69) is 10.3 Å². The summed E-state index contributed by atoms with van der Waals surface area (Å²) in [6.07, 6.45) is -0.134. The van der Waals surface area contributed by atoms with Gasteiger partial charge >= 0.3 is 11.9 Å². The topological polar surface area (TPSA) is 78.2 Å². The number of rotatable bonds is 6. The second-order valence-electron chi connectivity index (χ2n) is 9.62. The molecule has 5 rings (SSSR count). The molecule has 0 amide bonds. The van der Waals surface area contributed by atoms with Crippen molar-refractivity contribution < 1.29 is 17.9 Å². The minimum atomic E-state index is -4.63. The van der Waals surface area contributed by atoms with Gasteiger partial charge in [-0.15, -0.1) is 11.3 Å². The minimum Gasteiger partial charge on any atom is -0.488 e. The third-order valence-electron chi connectivity index (χ3n) is 6.83. The third kappa shape index (κ3) is 5.61. The highest BCUT2D eigenvalue weighted by molar-refractivity contribution is 7.19. The zero-order chi connectivity index (χ0) is 27.9. The number of benzene rings is 1. The van der Waals surface area contributed by atoms with Crippen LogP contribution in [0.15, 0.2) is 52.3 Å². The number of thiophene rings is 1. The van der Waals surface area contributed by atoms with Gasteiger partial charge in [-0.2, -0.15) is 13.2 Å². The highest BCUT2D eigenvalue weighted by Crippen LogP contribution is 2.42. The second-order valence-corrected chi connectivity index (χ2v) is 11.2. The standard InChI is InChI=1S/C27H26ClF3N4O3S/c1-15-10-17(28)11-21(24(15)38-18-4-3-7-32-13-18)20-5-8-33-22-12-19(39-25(20)22)14-35-23(36)6-9-34(26(35)37)16(2)27(29,30)31/h5-6,8-12,16,18,32H,3-4,7,13-14H2,1-2H3/t16?,18-/m0/s1. The molecule has 1 aromatic carbocycles. The molecule has 3 aromatic heterocycles. The number of nitrogens with one attached hydrogen (secondary N) is 1. The number of halogens is 4. The number of aryl methyl sites for hydroxylation is 1. The molecule has 7 nitrogen and oxygen atoms in total. The summed E-state index contributed by atoms with van der Waals surface area (Å²) in [6, 6.07) is 6.18. The molecule has 1 aliphatic rings. The van der Waals surface area contributed by atoms with Gasteiger partial charge in [-0.05, 0) is 63.1 Å². The van der Waals surface area contributed by atoms with Crippen LogP contribution >= 0.6 is 22.9 Å². The van der Waals surface area contributed by atoms with Gasteiger partial charge in [0.05, 0.1) is 16.8 Å². The Morgan fingerprint density at radius 3 is 2.74 bits per heavy atom. The van der Waals surface area contributed by atoms with E-state index in [-0.39, 0.29) is 12.6 Å². The lowest BCUT2D eigenvalue weighted by atomic mass is 10.0. The van der Waals surface area contributed by atoms with Crippen molar-refractivity contribution in [2.75, 3.05) is 13.1 Å². The summed E-state index contributed by atoms with van der Waals surface area (Å²) in [5.41, 5.74) is 1.43. The average molecular weight is 579 g/mol. The zero-order valence-corrected chi connectivity index (χ0v) is 22.8. The summed E-state index contributed by atoms with van der Waals surface area (Å²) in [4.78, 5) is 30.4. The van der Waals surface area contributed by atoms with Gasteiger partial charge in [-0.25, -0.2) is 4.79 Å². The molecule has 0 spiro atoms. The molecule has 1 N–H and O–H groups in total. The first-order valence-corrected chi connectivity index (χ1v) is 13.7. The van der Waals surface area contributed by atoms with Gasteiger partial charge in [0.1, 0.15) is 17.9 Å². The molecule has 0 aliphatic carbocycles. The van der Waals surface area contributed by atoms with Gasteiger partial charge in [0.2, 0.25) is 0 Å². The lowest BCUT2D eigenvalue weighted by molar-refractivity contribution is -0.164. The molecule has 0 saturated carbocycles. The number of pyridine rings is 1. The molecule has 0 bridgehead atoms. The van der Waals surface area contributed by atoms with E-state index in [9.17, 15) is 22.8 Å². The van der Waals surface area contributed by atoms with Crippen LogP contribution in [0.1, 0.15) is 36.2 Å². The first-order valence-electron chi connectivity index (χ1n) is 12.5. The molecule has 1 unspecified atom stereocenters. The summed E-state index contributed by atoms with van der Waals surface area (Å²) >= 11 is 7.76. The van der Waals surface area contributed by atoms with Crippen molar-refractivity contribution in [3.63, 3.8) is 0 Å². The van der Waals surface area contributed by atoms with Crippen LogP contribution in [0.5, 0.6) is 5.75 Å². The third-order valence-corrected chi connectivity index (χ3v) is 8.19. The Balaban J connectivity index is 1.56. The zero-order valence-electron chi connectivity index (χ0n) is 21.2. The number of piperidine rings is 1. The molecule has 1 aliphatic heterocycles. The van der Waals surface area contributed by atoms with E-state index < -0.39 is 23.5 Å². The maximum atomic E-state index is 13.3. The number of hydrogen-bond donors (Lipinski definition) is 1. The van der Waals surface area contributed by atoms with Gasteiger partial charge in [-0.3, -0.25) is 18.9 Å². The van der Waals surface area contributed by atoms with E-state index in [1.165, 1.54) is 11.3 Å². The number of fused-ring (bicyclic) bond motifs is 1. The Labute approximate surface area is 230 Å². The summed E-state index contributed by atoms with van der Waals surface area (Å²) in [6.45, 7) is 4.33. The fourth-order valence-electron chi connectivity index (χ4n) is 4.74. The van der Waals surface area contributed by atoms with E-state index in [4.69, 9.17) is 16.3 Å². The van der Waals surface area contributed by atoms with Crippen molar-refractivity contribution in [1.29, 1.82) is 0 Å². The lowest BCUT2D eigenvalue weighted by Crippen LogP contribution is -2.42. The van der Waals surface area contributed by atoms with E-state index >= 15 is 0 Å². The van der Waals surface area contributed by atoms with E-state index in [0.717, 1.165) is 76.8 Å². The van der Waals surface area contributed by atoms with Gasteiger partial charge in [0.25, 0.3) is 5.56 Å². The van der Waals surface area contributed by atoms with Crippen LogP contribution in [0.4, 0.5) is 13.2 Å². The van der Waals surface area contributed by atoms with Crippen molar-refractivity contribution in [3.05, 3.63) is 79.0 Å². The van der Waals surface area contributed by atoms with Gasteiger partial charge in [-0.1, -0.05) is 11.6 Å². The van der Waals surface area contributed by atoms with Crippen molar-refractivity contribution in [2.45, 2.75) is 51.6 Å². The summed E-state index contributed by atoms with van der Waals surface area (Å²) in [5, 5.41) is 3.90. The maximum absolute atomic E-state index is 13.3. The average Bonchev–Trinajstić information content (AvgIpc) is 3.31. The maximum Gasteiger partial charge on any atom is 0.409 e. The molecular formula is C27H26ClF3N4O3S. The summed E-state index contributed by atoms with van der Waals surface area (Å²) < 4.78 is 48.4. The van der Waals surface area contributed by atoms with Gasteiger partial charge in [0, 0.05) is 46.0 Å². The van der Waals surface area contributed by atoms with Crippen LogP contribution in [0, 0.1) is 6.92 Å². The molecule has 39 heavy (non-hydrogen) atoms. The lowest BCUT2D eigenvalue weighted by Gasteiger charge is -2.26. The Morgan fingerprint density at radius 1 is 1.23 bits per heavy atom.